The third-order valence-electron chi connectivity index (χ3n) is 6.42. The number of hydrogen-bond donors (Lipinski definition) is 1. The summed E-state index contributed by atoms with van der Waals surface area (Å²) >= 11 is 0. The molecule has 1 fully saturated rings. The Morgan fingerprint density at radius 2 is 1.45 bits per heavy atom. The largest absolute Gasteiger partial charge is 0.497 e. The van der Waals surface area contributed by atoms with Gasteiger partial charge >= 0.3 is 0 Å². The molecule has 11 nitrogen and oxygen atoms in total. The van der Waals surface area contributed by atoms with E-state index in [1.54, 1.807) is 24.3 Å². The predicted octanol–water partition coefficient (Wildman–Crippen LogP) is 2.31. The minimum absolute atomic E-state index is 0.0716. The van der Waals surface area contributed by atoms with Gasteiger partial charge in [0.1, 0.15) is 17.5 Å². The molecule has 1 atom stereocenters. The van der Waals surface area contributed by atoms with E-state index in [1.165, 1.54) is 55.6 Å². The van der Waals surface area contributed by atoms with Gasteiger partial charge in [-0.1, -0.05) is 12.1 Å². The van der Waals surface area contributed by atoms with E-state index in [-0.39, 0.29) is 29.2 Å². The highest BCUT2D eigenvalue weighted by Gasteiger charge is 2.46. The molecular weight excluding hydrogens is 558 g/mol. The van der Waals surface area contributed by atoms with Crippen molar-refractivity contribution in [3.8, 4) is 11.5 Å². The van der Waals surface area contributed by atoms with Crippen LogP contribution in [0.3, 0.4) is 0 Å². The molecule has 0 saturated carbocycles. The van der Waals surface area contributed by atoms with Crippen LogP contribution in [0, 0.1) is 0 Å². The molecular formula is C27H29N3O8S2. The summed E-state index contributed by atoms with van der Waals surface area (Å²) in [7, 11) is -6.68. The predicted molar refractivity (Wildman–Crippen MR) is 147 cm³/mol. The van der Waals surface area contributed by atoms with E-state index in [9.17, 15) is 26.4 Å². The summed E-state index contributed by atoms with van der Waals surface area (Å²) in [6, 6.07) is 16.5. The van der Waals surface area contributed by atoms with Gasteiger partial charge in [0.05, 0.1) is 35.6 Å². The zero-order valence-electron chi connectivity index (χ0n) is 21.9. The van der Waals surface area contributed by atoms with E-state index < -0.39 is 37.9 Å². The van der Waals surface area contributed by atoms with E-state index in [4.69, 9.17) is 14.6 Å². The van der Waals surface area contributed by atoms with Crippen molar-refractivity contribution in [2.45, 2.75) is 35.6 Å². The Bertz CT molecular complexity index is 1590. The molecule has 4 rings (SSSR count). The van der Waals surface area contributed by atoms with E-state index >= 15 is 0 Å². The number of carbonyl (C=O) groups is 2. The molecule has 1 aliphatic rings. The molecule has 1 aliphatic heterocycles. The maximum absolute atomic E-state index is 13.8. The molecule has 0 bridgehead atoms. The number of amides is 2. The van der Waals surface area contributed by atoms with Gasteiger partial charge in [0.25, 0.3) is 5.91 Å². The lowest BCUT2D eigenvalue weighted by Gasteiger charge is -2.27. The van der Waals surface area contributed by atoms with Crippen LogP contribution >= 0.6 is 0 Å². The molecule has 1 saturated heterocycles. The molecule has 212 valence electrons. The summed E-state index contributed by atoms with van der Waals surface area (Å²) in [6.07, 6.45) is -0.201. The maximum Gasteiger partial charge on any atom is 0.252 e. The second kappa shape index (κ2) is 11.8. The Balaban J connectivity index is 1.66. The molecule has 0 aromatic heterocycles. The van der Waals surface area contributed by atoms with E-state index in [1.807, 2.05) is 6.92 Å². The van der Waals surface area contributed by atoms with E-state index in [2.05, 4.69) is 0 Å². The van der Waals surface area contributed by atoms with Crippen molar-refractivity contribution in [1.82, 2.24) is 4.31 Å². The fraction of sp³-hybridized carbons (Fsp3) is 0.259. The highest BCUT2D eigenvalue weighted by Crippen LogP contribution is 2.31. The summed E-state index contributed by atoms with van der Waals surface area (Å²) in [6.45, 7) is 2.13. The summed E-state index contributed by atoms with van der Waals surface area (Å²) in [5, 5.41) is 5.16. The van der Waals surface area contributed by atoms with Crippen LogP contribution in [0.1, 0.15) is 18.9 Å². The molecule has 2 N–H and O–H groups in total. The number of rotatable bonds is 11. The standard InChI is InChI=1S/C27H29N3O8S2/c1-3-38-22-8-6-20(7-9-22)30-26(31)18-25(27(30)32)29(40(35,36)24-14-10-21(37-2)11-15-24)17-16-19-4-12-23(13-5-19)39(28,33)34/h4-15,25H,3,16-18H2,1-2H3,(H2,28,33,34). The van der Waals surface area contributed by atoms with Crippen molar-refractivity contribution in [3.63, 3.8) is 0 Å². The van der Waals surface area contributed by atoms with Gasteiger partial charge in [0.15, 0.2) is 0 Å². The van der Waals surface area contributed by atoms with Crippen LogP contribution in [-0.4, -0.2) is 59.3 Å². The Morgan fingerprint density at radius 1 is 0.875 bits per heavy atom. The van der Waals surface area contributed by atoms with Crippen molar-refractivity contribution >= 4 is 37.5 Å². The lowest BCUT2D eigenvalue weighted by molar-refractivity contribution is -0.122. The minimum atomic E-state index is -4.24. The maximum atomic E-state index is 13.8. The van der Waals surface area contributed by atoms with Gasteiger partial charge in [0.2, 0.25) is 26.0 Å². The Labute approximate surface area is 233 Å². The second-order valence-electron chi connectivity index (χ2n) is 8.94. The zero-order valence-corrected chi connectivity index (χ0v) is 23.5. The minimum Gasteiger partial charge on any atom is -0.497 e. The molecule has 3 aromatic rings. The SMILES string of the molecule is CCOc1ccc(N2C(=O)CC(N(CCc3ccc(S(N)(=O)=O)cc3)S(=O)(=O)c3ccc(OC)cc3)C2=O)cc1. The smallest absolute Gasteiger partial charge is 0.252 e. The number of imide groups is 1. The number of carbonyl (C=O) groups excluding carboxylic acids is 2. The second-order valence-corrected chi connectivity index (χ2v) is 12.4. The number of ether oxygens (including phenoxy) is 2. The lowest BCUT2D eigenvalue weighted by Crippen LogP contribution is -2.46. The Kier molecular flexibility index (Phi) is 8.59. The summed E-state index contributed by atoms with van der Waals surface area (Å²) < 4.78 is 62.4. The number of nitrogens with two attached hydrogens (primary N) is 1. The summed E-state index contributed by atoms with van der Waals surface area (Å²) in [5.74, 6) is -0.185. The topological polar surface area (TPSA) is 153 Å². The molecule has 1 unspecified atom stereocenters. The molecule has 13 heteroatoms. The fourth-order valence-electron chi connectivity index (χ4n) is 4.38. The molecule has 1 heterocycles. The van der Waals surface area contributed by atoms with Crippen LogP contribution in [0.2, 0.25) is 0 Å². The first kappa shape index (κ1) is 29.2. The van der Waals surface area contributed by atoms with Gasteiger partial charge in [0, 0.05) is 6.54 Å². The van der Waals surface area contributed by atoms with Gasteiger partial charge in [-0.2, -0.15) is 4.31 Å². The quantitative estimate of drug-likeness (QED) is 0.335. The molecule has 0 spiro atoms. The molecule has 2 amide bonds. The first-order chi connectivity index (χ1) is 19.0. The Hall–Kier alpha value is -3.78. The lowest BCUT2D eigenvalue weighted by atomic mass is 10.1. The first-order valence-electron chi connectivity index (χ1n) is 12.3. The van der Waals surface area contributed by atoms with E-state index in [0.29, 0.717) is 29.4 Å². The van der Waals surface area contributed by atoms with Crippen molar-refractivity contribution < 1.29 is 35.9 Å². The van der Waals surface area contributed by atoms with Crippen molar-refractivity contribution in [1.29, 1.82) is 0 Å². The van der Waals surface area contributed by atoms with Gasteiger partial charge in [-0.15, -0.1) is 0 Å². The van der Waals surface area contributed by atoms with Gasteiger partial charge in [-0.25, -0.2) is 26.9 Å². The highest BCUT2D eigenvalue weighted by atomic mass is 32.2. The van der Waals surface area contributed by atoms with Crippen molar-refractivity contribution in [2.24, 2.45) is 5.14 Å². The van der Waals surface area contributed by atoms with Crippen LogP contribution < -0.4 is 19.5 Å². The fourth-order valence-corrected chi connectivity index (χ4v) is 6.48. The number of methoxy groups -OCH3 is 1. The van der Waals surface area contributed by atoms with Crippen LogP contribution in [0.5, 0.6) is 11.5 Å². The van der Waals surface area contributed by atoms with E-state index in [0.717, 1.165) is 9.21 Å². The summed E-state index contributed by atoms with van der Waals surface area (Å²) in [5.41, 5.74) is 0.920. The number of hydrogen-bond acceptors (Lipinski definition) is 8. The van der Waals surface area contributed by atoms with Crippen molar-refractivity contribution in [3.05, 3.63) is 78.4 Å². The monoisotopic (exact) mass is 587 g/mol. The molecule has 0 aliphatic carbocycles. The van der Waals surface area contributed by atoms with Gasteiger partial charge in [-0.3, -0.25) is 9.59 Å². The molecule has 3 aromatic carbocycles. The van der Waals surface area contributed by atoms with Crippen LogP contribution in [-0.2, 0) is 36.1 Å². The number of benzene rings is 3. The Morgan fingerprint density at radius 3 is 2.00 bits per heavy atom. The first-order valence-corrected chi connectivity index (χ1v) is 15.3. The molecule has 0 radical (unpaired) electrons. The van der Waals surface area contributed by atoms with Crippen LogP contribution in [0.4, 0.5) is 5.69 Å². The number of nitrogens with zero attached hydrogens (tertiary/aromatic N) is 2. The van der Waals surface area contributed by atoms with Crippen molar-refractivity contribution in [2.75, 3.05) is 25.2 Å². The molecule has 40 heavy (non-hydrogen) atoms. The van der Waals surface area contributed by atoms with Crippen LogP contribution in [0.15, 0.2) is 82.6 Å². The average molecular weight is 588 g/mol. The van der Waals surface area contributed by atoms with Gasteiger partial charge in [-0.05, 0) is 79.6 Å². The number of anilines is 1. The zero-order chi connectivity index (χ0) is 29.1. The third kappa shape index (κ3) is 6.17. The van der Waals surface area contributed by atoms with Gasteiger partial charge < -0.3 is 9.47 Å². The normalized spacial score (nSPS) is 16.0. The average Bonchev–Trinajstić information content (AvgIpc) is 3.22. The number of sulfonamides is 2. The van der Waals surface area contributed by atoms with Crippen LogP contribution in [0.25, 0.3) is 0 Å². The highest BCUT2D eigenvalue weighted by molar-refractivity contribution is 7.89. The number of primary sulfonamides is 1. The summed E-state index contributed by atoms with van der Waals surface area (Å²) in [4.78, 5) is 27.4. The third-order valence-corrected chi connectivity index (χ3v) is 9.27.